The van der Waals surface area contributed by atoms with E-state index in [9.17, 15) is 24.3 Å². The first-order chi connectivity index (χ1) is 28.7. The van der Waals surface area contributed by atoms with Crippen LogP contribution in [0.25, 0.3) is 11.3 Å². The third-order valence-corrected chi connectivity index (χ3v) is 12.5. The molecule has 3 heterocycles. The smallest absolute Gasteiger partial charge is 0.410 e. The molecule has 4 rings (SSSR count). The molecule has 0 spiro atoms. The summed E-state index contributed by atoms with van der Waals surface area (Å²) in [6, 6.07) is 6.49. The molecule has 2 aliphatic rings. The van der Waals surface area contributed by atoms with Crippen LogP contribution in [0.15, 0.2) is 30.5 Å². The van der Waals surface area contributed by atoms with Gasteiger partial charge in [-0.1, -0.05) is 52.0 Å². The summed E-state index contributed by atoms with van der Waals surface area (Å²) in [4.78, 5) is 57.9. The summed E-state index contributed by atoms with van der Waals surface area (Å²) >= 11 is 0. The molecule has 2 fully saturated rings. The van der Waals surface area contributed by atoms with Gasteiger partial charge < -0.3 is 44.3 Å². The summed E-state index contributed by atoms with van der Waals surface area (Å²) in [5, 5.41) is 19.9. The lowest BCUT2D eigenvalue weighted by atomic mass is 9.75. The number of cyclic esters (lactones) is 1. The third-order valence-electron chi connectivity index (χ3n) is 12.5. The van der Waals surface area contributed by atoms with Crippen molar-refractivity contribution in [3.63, 3.8) is 0 Å². The number of esters is 1. The number of nitrogens with zero attached hydrogens (tertiary/aromatic N) is 5. The first-order valence-corrected chi connectivity index (χ1v) is 21.6. The van der Waals surface area contributed by atoms with E-state index < -0.39 is 77.5 Å². The van der Waals surface area contributed by atoms with Gasteiger partial charge in [0.05, 0.1) is 30.0 Å². The molecule has 0 radical (unpaired) electrons. The highest BCUT2D eigenvalue weighted by molar-refractivity contribution is 6.07. The number of anilines is 1. The lowest BCUT2D eigenvalue weighted by Crippen LogP contribution is -2.60. The van der Waals surface area contributed by atoms with E-state index in [-0.39, 0.29) is 31.0 Å². The SMILES string of the molecule is CCC(CC)OC(=O)[C@@](C)(F)C(=O)[C@H](C)[C@@H](OC1OC(C)CC(N(C)C)C1O)[C@](C)(C[C@@H](C)C(=O)[C@H](C)C1COC(=O)N1CCCCn1cc(-c2cccc(N)c2)nn1)OC. The van der Waals surface area contributed by atoms with E-state index in [2.05, 4.69) is 10.3 Å². The Hall–Kier alpha value is -4.03. The molecule has 11 atom stereocenters. The van der Waals surface area contributed by atoms with Crippen molar-refractivity contribution in [1.29, 1.82) is 0 Å². The van der Waals surface area contributed by atoms with Crippen molar-refractivity contribution in [2.24, 2.45) is 17.8 Å². The van der Waals surface area contributed by atoms with E-state index in [1.807, 2.05) is 50.3 Å². The van der Waals surface area contributed by atoms with E-state index >= 15 is 4.39 Å². The molecule has 1 amide bonds. The Labute approximate surface area is 359 Å². The number of hydrogen-bond donors (Lipinski definition) is 2. The Morgan fingerprint density at radius 1 is 1.11 bits per heavy atom. The molecule has 3 N–H and O–H groups in total. The van der Waals surface area contributed by atoms with Crippen LogP contribution in [0.3, 0.4) is 0 Å². The zero-order valence-corrected chi connectivity index (χ0v) is 37.8. The molecular weight excluding hydrogens is 792 g/mol. The lowest BCUT2D eigenvalue weighted by molar-refractivity contribution is -0.295. The number of amides is 1. The first-order valence-electron chi connectivity index (χ1n) is 21.6. The molecule has 2 saturated heterocycles. The number of aliphatic hydroxyl groups is 1. The molecule has 1 aromatic heterocycles. The van der Waals surface area contributed by atoms with Crippen LogP contribution in [0.4, 0.5) is 14.9 Å². The van der Waals surface area contributed by atoms with Crippen LogP contribution in [0, 0.1) is 17.8 Å². The number of aromatic nitrogens is 3. The number of nitrogens with two attached hydrogens (primary N) is 1. The minimum atomic E-state index is -3.05. The van der Waals surface area contributed by atoms with Gasteiger partial charge in [0.2, 0.25) is 0 Å². The largest absolute Gasteiger partial charge is 0.460 e. The van der Waals surface area contributed by atoms with E-state index in [1.165, 1.54) is 14.0 Å². The van der Waals surface area contributed by atoms with Gasteiger partial charge in [-0.25, -0.2) is 14.0 Å². The minimum Gasteiger partial charge on any atom is -0.460 e. The molecule has 0 aliphatic carbocycles. The Balaban J connectivity index is 1.50. The fraction of sp³-hybridized carbons (Fsp3) is 0.727. The Bertz CT molecular complexity index is 1790. The number of rotatable bonds is 23. The average molecular weight is 861 g/mol. The number of nitrogen functional groups attached to an aromatic ring is 1. The van der Waals surface area contributed by atoms with Crippen LogP contribution >= 0.6 is 0 Å². The van der Waals surface area contributed by atoms with Gasteiger partial charge in [-0.3, -0.25) is 14.3 Å². The second kappa shape index (κ2) is 21.4. The summed E-state index contributed by atoms with van der Waals surface area (Å²) in [6.45, 7) is 13.8. The van der Waals surface area contributed by atoms with Crippen LogP contribution in [0.2, 0.25) is 0 Å². The average Bonchev–Trinajstić information content (AvgIpc) is 3.86. The Morgan fingerprint density at radius 2 is 1.79 bits per heavy atom. The summed E-state index contributed by atoms with van der Waals surface area (Å²) in [5.41, 5.74) is 3.60. The van der Waals surface area contributed by atoms with Crippen molar-refractivity contribution in [2.75, 3.05) is 40.1 Å². The number of likely N-dealkylation sites (N-methyl/N-ethyl adjacent to an activating group) is 1. The number of ether oxygens (including phenoxy) is 5. The summed E-state index contributed by atoms with van der Waals surface area (Å²) < 4.78 is 47.7. The number of aryl methyl sites for hydroxylation is 1. The molecule has 0 saturated carbocycles. The number of alkyl halides is 1. The normalized spacial score (nSPS) is 24.7. The second-order valence-electron chi connectivity index (χ2n) is 17.5. The van der Waals surface area contributed by atoms with E-state index in [1.54, 1.807) is 50.3 Å². The number of halogens is 1. The molecule has 16 nitrogen and oxygen atoms in total. The number of carbonyl (C=O) groups is 4. The number of carbonyl (C=O) groups excluding carboxylic acids is 4. The van der Waals surface area contributed by atoms with Gasteiger partial charge in [0.25, 0.3) is 5.67 Å². The van der Waals surface area contributed by atoms with E-state index in [0.29, 0.717) is 56.6 Å². The predicted octanol–water partition coefficient (Wildman–Crippen LogP) is 5.24. The number of benzene rings is 1. The number of unbranched alkanes of at least 4 members (excludes halogenated alkanes) is 1. The monoisotopic (exact) mass is 861 g/mol. The van der Waals surface area contributed by atoms with Crippen molar-refractivity contribution in [3.05, 3.63) is 30.5 Å². The second-order valence-corrected chi connectivity index (χ2v) is 17.5. The number of methoxy groups -OCH3 is 1. The van der Waals surface area contributed by atoms with Crippen LogP contribution in [0.5, 0.6) is 0 Å². The van der Waals surface area contributed by atoms with E-state index in [0.717, 1.165) is 12.5 Å². The van der Waals surface area contributed by atoms with Gasteiger partial charge in [0.1, 0.15) is 30.3 Å². The molecular formula is C44H69FN6O10. The fourth-order valence-electron chi connectivity index (χ4n) is 8.57. The third kappa shape index (κ3) is 11.9. The van der Waals surface area contributed by atoms with Crippen LogP contribution in [-0.4, -0.2) is 142 Å². The maximum Gasteiger partial charge on any atom is 0.410 e. The standard InChI is InChI=1S/C44H69FN6O10/c1-12-32(13-2)60-41(55)44(8,45)38(54)29(6)39(61-40-37(53)34(49(9)10)21-27(4)59-40)43(7,57-11)23-26(3)36(52)28(5)35-25-58-42(56)51(35)20-15-14-19-50-24-33(47-48-50)30-17-16-18-31(46)22-30/h16-18,22,24,26-29,32,34-35,37,39-40,53H,12-15,19-21,23,25,46H2,1-11H3/t26-,27?,28-,29+,34?,35?,37?,39-,40?,43+,44+/m1/s1. The van der Waals surface area contributed by atoms with Crippen molar-refractivity contribution in [2.45, 2.75) is 155 Å². The van der Waals surface area contributed by atoms with Crippen molar-refractivity contribution in [1.82, 2.24) is 24.8 Å². The summed E-state index contributed by atoms with van der Waals surface area (Å²) in [6.07, 6.45) is -0.658. The van der Waals surface area contributed by atoms with Gasteiger partial charge in [0, 0.05) is 55.2 Å². The number of hydrogen-bond acceptors (Lipinski definition) is 14. The van der Waals surface area contributed by atoms with Gasteiger partial charge in [-0.15, -0.1) is 5.10 Å². The van der Waals surface area contributed by atoms with Crippen molar-refractivity contribution in [3.8, 4) is 11.3 Å². The molecule has 5 unspecified atom stereocenters. The summed E-state index contributed by atoms with van der Waals surface area (Å²) in [5.74, 6) is -5.33. The zero-order valence-electron chi connectivity index (χ0n) is 37.8. The Morgan fingerprint density at radius 3 is 2.41 bits per heavy atom. The zero-order chi connectivity index (χ0) is 45.4. The van der Waals surface area contributed by atoms with Gasteiger partial charge in [0.15, 0.2) is 12.1 Å². The van der Waals surface area contributed by atoms with Crippen LogP contribution in [0.1, 0.15) is 93.9 Å². The molecule has 17 heteroatoms. The van der Waals surface area contributed by atoms with Gasteiger partial charge in [-0.05, 0) is 85.5 Å². The maximum absolute atomic E-state index is 16.4. The van der Waals surface area contributed by atoms with Gasteiger partial charge in [-0.2, -0.15) is 0 Å². The highest BCUT2D eigenvalue weighted by Crippen LogP contribution is 2.38. The van der Waals surface area contributed by atoms with Crippen molar-refractivity contribution < 1.29 is 52.4 Å². The minimum absolute atomic E-state index is 0.0113. The van der Waals surface area contributed by atoms with Crippen LogP contribution in [-0.2, 0) is 44.6 Å². The predicted molar refractivity (Wildman–Crippen MR) is 226 cm³/mol. The lowest BCUT2D eigenvalue weighted by Gasteiger charge is -2.47. The molecule has 1 aromatic carbocycles. The number of ketones is 2. The number of aliphatic hydroxyl groups excluding tert-OH is 1. The molecule has 0 bridgehead atoms. The highest BCUT2D eigenvalue weighted by atomic mass is 19.1. The molecule has 61 heavy (non-hydrogen) atoms. The van der Waals surface area contributed by atoms with Gasteiger partial charge >= 0.3 is 12.1 Å². The number of Topliss-reactive ketones (excluding diaryl/α,β-unsaturated/α-hetero) is 2. The maximum atomic E-state index is 16.4. The highest BCUT2D eigenvalue weighted by Gasteiger charge is 2.54. The molecule has 342 valence electrons. The van der Waals surface area contributed by atoms with E-state index in [4.69, 9.17) is 29.4 Å². The quantitative estimate of drug-likeness (QED) is 0.0637. The molecule has 2 aliphatic heterocycles. The topological polar surface area (TPSA) is 198 Å². The van der Waals surface area contributed by atoms with Crippen LogP contribution < -0.4 is 5.73 Å². The van der Waals surface area contributed by atoms with Crippen molar-refractivity contribution >= 4 is 29.3 Å². The fourth-order valence-corrected chi connectivity index (χ4v) is 8.57. The first kappa shape index (κ1) is 49.6. The summed E-state index contributed by atoms with van der Waals surface area (Å²) in [7, 11) is 5.04. The Kier molecular flexibility index (Phi) is 17.4. The molecule has 2 aromatic rings.